The molecule has 3 aromatic rings. The van der Waals surface area contributed by atoms with Crippen LogP contribution >= 0.6 is 0 Å². The summed E-state index contributed by atoms with van der Waals surface area (Å²) in [5.41, 5.74) is 4.74. The van der Waals surface area contributed by atoms with E-state index >= 15 is 0 Å². The van der Waals surface area contributed by atoms with E-state index in [4.69, 9.17) is 0 Å². The number of hydrogen-bond acceptors (Lipinski definition) is 3. The molecule has 2 amide bonds. The number of carbonyl (C=O) groups is 2. The van der Waals surface area contributed by atoms with Crippen LogP contribution in [0.2, 0.25) is 0 Å². The Morgan fingerprint density at radius 3 is 2.57 bits per heavy atom. The van der Waals surface area contributed by atoms with Crippen LogP contribution in [0, 0.1) is 0 Å². The van der Waals surface area contributed by atoms with Crippen molar-refractivity contribution in [2.45, 2.75) is 71.8 Å². The number of fused-ring (bicyclic) bond motifs is 3. The Morgan fingerprint density at radius 2 is 1.86 bits per heavy atom. The topological polar surface area (TPSA) is 83.0 Å². The summed E-state index contributed by atoms with van der Waals surface area (Å²) >= 11 is 0. The molecular formula is C28H37N5O2. The molecule has 1 aliphatic heterocycles. The molecule has 0 atom stereocenters. The van der Waals surface area contributed by atoms with Crippen molar-refractivity contribution in [3.05, 3.63) is 59.3 Å². The number of aryl methyl sites for hydroxylation is 2. The van der Waals surface area contributed by atoms with Gasteiger partial charge in [-0.3, -0.25) is 14.7 Å². The zero-order valence-electron chi connectivity index (χ0n) is 21.0. The van der Waals surface area contributed by atoms with Gasteiger partial charge in [0.2, 0.25) is 5.91 Å². The Balaban J connectivity index is 1.49. The minimum Gasteiger partial charge on any atom is -0.345 e. The van der Waals surface area contributed by atoms with Gasteiger partial charge in [-0.2, -0.15) is 5.10 Å². The molecule has 0 bridgehead atoms. The predicted molar refractivity (Wildman–Crippen MR) is 139 cm³/mol. The second-order valence-corrected chi connectivity index (χ2v) is 9.37. The van der Waals surface area contributed by atoms with Crippen molar-refractivity contribution in [1.82, 2.24) is 19.7 Å². The first-order chi connectivity index (χ1) is 17.1. The number of amides is 2. The van der Waals surface area contributed by atoms with Crippen LogP contribution in [-0.4, -0.2) is 44.6 Å². The lowest BCUT2D eigenvalue weighted by atomic mass is 10.1. The molecule has 1 aliphatic rings. The summed E-state index contributed by atoms with van der Waals surface area (Å²) in [5.74, 6) is 0.664. The van der Waals surface area contributed by atoms with Crippen molar-refractivity contribution < 1.29 is 9.59 Å². The maximum atomic E-state index is 13.3. The molecular weight excluding hydrogens is 438 g/mol. The number of anilines is 1. The summed E-state index contributed by atoms with van der Waals surface area (Å²) < 4.78 is 2.15. The number of hydrogen-bond donors (Lipinski definition) is 2. The summed E-state index contributed by atoms with van der Waals surface area (Å²) in [6, 6.07) is 12.0. The first-order valence-corrected chi connectivity index (χ1v) is 13.0. The molecule has 0 unspecified atom stereocenters. The van der Waals surface area contributed by atoms with Gasteiger partial charge < -0.3 is 14.8 Å². The lowest BCUT2D eigenvalue weighted by molar-refractivity contribution is -0.116. The van der Waals surface area contributed by atoms with Gasteiger partial charge in [-0.1, -0.05) is 57.0 Å². The molecule has 3 heterocycles. The molecule has 2 aromatic heterocycles. The first kappa shape index (κ1) is 24.8. The summed E-state index contributed by atoms with van der Waals surface area (Å²) in [5, 5.41) is 10.6. The number of benzene rings is 1. The highest BCUT2D eigenvalue weighted by atomic mass is 16.2. The number of aromatic amines is 1. The molecule has 0 saturated heterocycles. The molecule has 0 aliphatic carbocycles. The number of nitrogens with zero attached hydrogens (tertiary/aromatic N) is 3. The van der Waals surface area contributed by atoms with E-state index in [2.05, 4.69) is 33.9 Å². The van der Waals surface area contributed by atoms with Gasteiger partial charge in [-0.25, -0.2) is 0 Å². The van der Waals surface area contributed by atoms with Crippen molar-refractivity contribution in [3.63, 3.8) is 0 Å². The standard InChI is InChI=1S/C28H37N5O2/c1-3-5-16-32(17-6-4-2)28(35)22-19-24-26-23(13-10-18-33(24)20-22)27(31-30-26)29-25(34)15-14-21-11-8-7-9-12-21/h7-9,11-12,19-20H,3-6,10,13-18H2,1-2H3,(H2,29,30,31,34). The molecule has 0 fully saturated rings. The van der Waals surface area contributed by atoms with E-state index in [-0.39, 0.29) is 11.8 Å². The summed E-state index contributed by atoms with van der Waals surface area (Å²) in [6.07, 6.45) is 9.00. The lowest BCUT2D eigenvalue weighted by Crippen LogP contribution is -2.32. The molecule has 0 spiro atoms. The van der Waals surface area contributed by atoms with Crippen LogP contribution < -0.4 is 5.32 Å². The largest absolute Gasteiger partial charge is 0.345 e. The van der Waals surface area contributed by atoms with Gasteiger partial charge in [0.1, 0.15) is 0 Å². The van der Waals surface area contributed by atoms with Crippen LogP contribution in [0.4, 0.5) is 5.82 Å². The van der Waals surface area contributed by atoms with Crippen LogP contribution in [0.15, 0.2) is 42.6 Å². The monoisotopic (exact) mass is 475 g/mol. The molecule has 1 aromatic carbocycles. The van der Waals surface area contributed by atoms with Gasteiger partial charge in [-0.05, 0) is 43.7 Å². The van der Waals surface area contributed by atoms with E-state index in [9.17, 15) is 9.59 Å². The number of carbonyl (C=O) groups excluding carboxylic acids is 2. The molecule has 7 nitrogen and oxygen atoms in total. The van der Waals surface area contributed by atoms with E-state index in [1.54, 1.807) is 0 Å². The summed E-state index contributed by atoms with van der Waals surface area (Å²) in [4.78, 5) is 28.0. The zero-order chi connectivity index (χ0) is 24.6. The van der Waals surface area contributed by atoms with Crippen LogP contribution in [0.5, 0.6) is 0 Å². The van der Waals surface area contributed by atoms with Crippen molar-refractivity contribution in [3.8, 4) is 11.4 Å². The van der Waals surface area contributed by atoms with Crippen LogP contribution in [-0.2, 0) is 24.2 Å². The normalized spacial score (nSPS) is 12.5. The van der Waals surface area contributed by atoms with E-state index in [1.165, 1.54) is 0 Å². The van der Waals surface area contributed by atoms with E-state index in [0.29, 0.717) is 18.7 Å². The van der Waals surface area contributed by atoms with Crippen molar-refractivity contribution >= 4 is 17.6 Å². The molecule has 0 saturated carbocycles. The van der Waals surface area contributed by atoms with E-state index in [1.807, 2.05) is 47.5 Å². The van der Waals surface area contributed by atoms with Gasteiger partial charge >= 0.3 is 0 Å². The fourth-order valence-corrected chi connectivity index (χ4v) is 4.67. The molecule has 4 rings (SSSR count). The predicted octanol–water partition coefficient (Wildman–Crippen LogP) is 5.44. The average molecular weight is 476 g/mol. The lowest BCUT2D eigenvalue weighted by Gasteiger charge is -2.21. The SMILES string of the molecule is CCCCN(CCCC)C(=O)c1cc2n(c1)CCCc1c(NC(=O)CCc3ccccc3)n[nH]c1-2. The highest BCUT2D eigenvalue weighted by molar-refractivity contribution is 5.96. The van der Waals surface area contributed by atoms with Crippen LogP contribution in [0.1, 0.15) is 73.9 Å². The van der Waals surface area contributed by atoms with E-state index in [0.717, 1.165) is 86.2 Å². The second kappa shape index (κ2) is 11.9. The second-order valence-electron chi connectivity index (χ2n) is 9.37. The van der Waals surface area contributed by atoms with Crippen molar-refractivity contribution in [2.75, 3.05) is 18.4 Å². The van der Waals surface area contributed by atoms with Gasteiger partial charge in [0.05, 0.1) is 17.0 Å². The zero-order valence-corrected chi connectivity index (χ0v) is 21.0. The Bertz CT molecular complexity index is 1120. The average Bonchev–Trinajstić information content (AvgIpc) is 3.43. The summed E-state index contributed by atoms with van der Waals surface area (Å²) in [7, 11) is 0. The third-order valence-corrected chi connectivity index (χ3v) is 6.68. The number of unbranched alkanes of at least 4 members (excludes halogenated alkanes) is 2. The molecule has 35 heavy (non-hydrogen) atoms. The fourth-order valence-electron chi connectivity index (χ4n) is 4.67. The number of nitrogens with one attached hydrogen (secondary N) is 2. The third-order valence-electron chi connectivity index (χ3n) is 6.68. The Hall–Kier alpha value is -3.35. The number of H-pyrrole nitrogens is 1. The maximum absolute atomic E-state index is 13.3. The minimum absolute atomic E-state index is 0.0406. The minimum atomic E-state index is -0.0406. The van der Waals surface area contributed by atoms with Gasteiger partial charge in [0, 0.05) is 37.8 Å². The fraction of sp³-hybridized carbons (Fsp3) is 0.464. The van der Waals surface area contributed by atoms with Crippen LogP contribution in [0.25, 0.3) is 11.4 Å². The Labute approximate surface area is 207 Å². The quantitative estimate of drug-likeness (QED) is 0.387. The molecule has 0 radical (unpaired) electrons. The highest BCUT2D eigenvalue weighted by Crippen LogP contribution is 2.33. The van der Waals surface area contributed by atoms with E-state index < -0.39 is 0 Å². The Kier molecular flexibility index (Phi) is 8.40. The van der Waals surface area contributed by atoms with Gasteiger partial charge in [-0.15, -0.1) is 0 Å². The Morgan fingerprint density at radius 1 is 1.11 bits per heavy atom. The molecule has 186 valence electrons. The van der Waals surface area contributed by atoms with Gasteiger partial charge in [0.25, 0.3) is 5.91 Å². The smallest absolute Gasteiger partial charge is 0.255 e. The highest BCUT2D eigenvalue weighted by Gasteiger charge is 2.25. The third kappa shape index (κ3) is 6.02. The first-order valence-electron chi connectivity index (χ1n) is 13.0. The van der Waals surface area contributed by atoms with Crippen LogP contribution in [0.3, 0.4) is 0 Å². The molecule has 2 N–H and O–H groups in total. The molecule has 7 heteroatoms. The van der Waals surface area contributed by atoms with Crippen molar-refractivity contribution in [1.29, 1.82) is 0 Å². The number of rotatable bonds is 11. The summed E-state index contributed by atoms with van der Waals surface area (Å²) in [6.45, 7) is 6.73. The van der Waals surface area contributed by atoms with Crippen molar-refractivity contribution in [2.24, 2.45) is 0 Å². The maximum Gasteiger partial charge on any atom is 0.255 e. The number of aromatic nitrogens is 3. The van der Waals surface area contributed by atoms with Gasteiger partial charge in [0.15, 0.2) is 5.82 Å².